The van der Waals surface area contributed by atoms with Crippen molar-refractivity contribution in [3.8, 4) is 0 Å². The summed E-state index contributed by atoms with van der Waals surface area (Å²) in [6.07, 6.45) is 6.04. The summed E-state index contributed by atoms with van der Waals surface area (Å²) in [5, 5.41) is 10.4. The Labute approximate surface area is 167 Å². The van der Waals surface area contributed by atoms with Crippen LogP contribution in [0.3, 0.4) is 0 Å². The van der Waals surface area contributed by atoms with E-state index < -0.39 is 0 Å². The Morgan fingerprint density at radius 2 is 1.96 bits per heavy atom. The number of primary amides is 1. The fourth-order valence-electron chi connectivity index (χ4n) is 3.21. The summed E-state index contributed by atoms with van der Waals surface area (Å²) in [4.78, 5) is 11.2. The van der Waals surface area contributed by atoms with Gasteiger partial charge < -0.3 is 10.3 Å². The van der Waals surface area contributed by atoms with Crippen LogP contribution in [0, 0.1) is 0 Å². The van der Waals surface area contributed by atoms with Crippen LogP contribution < -0.4 is 5.73 Å². The number of benzene rings is 1. The Bertz CT molecular complexity index is 747. The van der Waals surface area contributed by atoms with Gasteiger partial charge in [0, 0.05) is 16.8 Å². The molecule has 1 aliphatic rings. The van der Waals surface area contributed by atoms with Gasteiger partial charge in [-0.2, -0.15) is 0 Å². The smallest absolute Gasteiger partial charge is 0.227 e. The lowest BCUT2D eigenvalue weighted by molar-refractivity contribution is -0.115. The molecule has 1 aromatic heterocycles. The fraction of sp³-hybridized carbons (Fsp3) is 0.500. The van der Waals surface area contributed by atoms with Crippen LogP contribution in [0.5, 0.6) is 0 Å². The Morgan fingerprint density at radius 3 is 2.69 bits per heavy atom. The molecule has 0 unspecified atom stereocenters. The molecular weight excluding hydrogens is 388 g/mol. The van der Waals surface area contributed by atoms with Crippen LogP contribution in [-0.4, -0.2) is 26.4 Å². The zero-order valence-electron chi connectivity index (χ0n) is 14.6. The van der Waals surface area contributed by atoms with Gasteiger partial charge in [0.15, 0.2) is 5.16 Å². The number of amides is 1. The van der Waals surface area contributed by atoms with Crippen molar-refractivity contribution < 1.29 is 4.79 Å². The van der Waals surface area contributed by atoms with Crippen molar-refractivity contribution in [2.75, 3.05) is 5.75 Å². The van der Waals surface area contributed by atoms with Crippen molar-refractivity contribution in [1.82, 2.24) is 14.8 Å². The van der Waals surface area contributed by atoms with E-state index >= 15 is 0 Å². The first-order valence-electron chi connectivity index (χ1n) is 8.81. The van der Waals surface area contributed by atoms with Crippen molar-refractivity contribution >= 4 is 41.0 Å². The lowest BCUT2D eigenvalue weighted by Crippen LogP contribution is -2.18. The van der Waals surface area contributed by atoms with Gasteiger partial charge in [-0.1, -0.05) is 60.8 Å². The van der Waals surface area contributed by atoms with Gasteiger partial charge in [-0.3, -0.25) is 4.79 Å². The van der Waals surface area contributed by atoms with E-state index in [2.05, 4.69) is 20.8 Å². The Kier molecular flexibility index (Phi) is 7.28. The molecule has 1 heterocycles. The maximum Gasteiger partial charge on any atom is 0.227 e. The fourth-order valence-corrected chi connectivity index (χ4v) is 5.21. The Balaban J connectivity index is 1.70. The van der Waals surface area contributed by atoms with Crippen LogP contribution >= 0.6 is 35.1 Å². The lowest BCUT2D eigenvalue weighted by Gasteiger charge is -2.25. The average molecular weight is 411 g/mol. The lowest BCUT2D eigenvalue weighted by atomic mass is 9.95. The molecule has 0 spiro atoms. The summed E-state index contributed by atoms with van der Waals surface area (Å²) in [7, 11) is 0. The van der Waals surface area contributed by atoms with Crippen LogP contribution in [-0.2, 0) is 16.3 Å². The SMILES string of the molecule is NC(=O)CSc1nnc(CSCc2ccccc2Cl)n1C1CCCCC1. The van der Waals surface area contributed by atoms with Crippen molar-refractivity contribution in [3.05, 3.63) is 40.7 Å². The predicted molar refractivity (Wildman–Crippen MR) is 109 cm³/mol. The Hall–Kier alpha value is -1.18. The maximum absolute atomic E-state index is 11.2. The minimum absolute atomic E-state index is 0.234. The summed E-state index contributed by atoms with van der Waals surface area (Å²) in [6.45, 7) is 0. The van der Waals surface area contributed by atoms with E-state index in [1.165, 1.54) is 31.0 Å². The molecule has 0 atom stereocenters. The number of hydrogen-bond acceptors (Lipinski definition) is 5. The second kappa shape index (κ2) is 9.67. The molecule has 2 aromatic rings. The highest BCUT2D eigenvalue weighted by atomic mass is 35.5. The molecule has 1 amide bonds. The Morgan fingerprint density at radius 1 is 1.19 bits per heavy atom. The summed E-state index contributed by atoms with van der Waals surface area (Å²) in [5.74, 6) is 2.48. The molecule has 1 fully saturated rings. The molecule has 0 aliphatic heterocycles. The topological polar surface area (TPSA) is 73.8 Å². The number of carbonyl (C=O) groups is 1. The van der Waals surface area contributed by atoms with Crippen molar-refractivity contribution in [2.45, 2.75) is 54.8 Å². The van der Waals surface area contributed by atoms with Gasteiger partial charge in [-0.05, 0) is 24.5 Å². The highest BCUT2D eigenvalue weighted by molar-refractivity contribution is 7.99. The number of carbonyl (C=O) groups excluding carboxylic acids is 1. The molecule has 140 valence electrons. The summed E-state index contributed by atoms with van der Waals surface area (Å²) < 4.78 is 2.24. The third-order valence-electron chi connectivity index (χ3n) is 4.47. The normalized spacial score (nSPS) is 15.3. The van der Waals surface area contributed by atoms with Crippen LogP contribution in [0.2, 0.25) is 5.02 Å². The third kappa shape index (κ3) is 5.18. The second-order valence-corrected chi connectivity index (χ2v) is 8.74. The summed E-state index contributed by atoms with van der Waals surface area (Å²) in [5.41, 5.74) is 6.43. The molecule has 5 nitrogen and oxygen atoms in total. The summed E-state index contributed by atoms with van der Waals surface area (Å²) >= 11 is 9.41. The standard InChI is InChI=1S/C18H23ClN4OS2/c19-15-9-5-4-6-13(15)10-25-12-17-21-22-18(26-11-16(20)24)23(17)14-7-2-1-3-8-14/h4-6,9,14H,1-3,7-8,10-12H2,(H2,20,24). The summed E-state index contributed by atoms with van der Waals surface area (Å²) in [6, 6.07) is 8.34. The van der Waals surface area contributed by atoms with Gasteiger partial charge in [-0.25, -0.2) is 0 Å². The van der Waals surface area contributed by atoms with Crippen molar-refractivity contribution in [3.63, 3.8) is 0 Å². The van der Waals surface area contributed by atoms with Gasteiger partial charge in [-0.15, -0.1) is 22.0 Å². The van der Waals surface area contributed by atoms with E-state index in [-0.39, 0.29) is 11.7 Å². The van der Waals surface area contributed by atoms with Gasteiger partial charge in [0.25, 0.3) is 0 Å². The van der Waals surface area contributed by atoms with E-state index in [9.17, 15) is 4.79 Å². The van der Waals surface area contributed by atoms with Crippen LogP contribution in [0.15, 0.2) is 29.4 Å². The van der Waals surface area contributed by atoms with E-state index in [1.54, 1.807) is 11.8 Å². The maximum atomic E-state index is 11.2. The van der Waals surface area contributed by atoms with E-state index in [1.807, 2.05) is 18.2 Å². The van der Waals surface area contributed by atoms with Gasteiger partial charge in [0.05, 0.1) is 11.5 Å². The number of halogens is 1. The zero-order chi connectivity index (χ0) is 18.4. The number of hydrogen-bond donors (Lipinski definition) is 1. The number of thioether (sulfide) groups is 2. The highest BCUT2D eigenvalue weighted by Gasteiger charge is 2.23. The second-order valence-electron chi connectivity index (χ2n) is 6.40. The molecule has 3 rings (SSSR count). The minimum Gasteiger partial charge on any atom is -0.369 e. The molecule has 26 heavy (non-hydrogen) atoms. The van der Waals surface area contributed by atoms with Gasteiger partial charge in [0.1, 0.15) is 5.82 Å². The first-order valence-corrected chi connectivity index (χ1v) is 11.3. The molecule has 0 bridgehead atoms. The molecular formula is C18H23ClN4OS2. The minimum atomic E-state index is -0.331. The molecule has 1 saturated carbocycles. The first-order chi connectivity index (χ1) is 12.6. The molecule has 8 heteroatoms. The highest BCUT2D eigenvalue weighted by Crippen LogP contribution is 2.34. The molecule has 0 radical (unpaired) electrons. The van der Waals surface area contributed by atoms with Crippen LogP contribution in [0.1, 0.15) is 49.5 Å². The predicted octanol–water partition coefficient (Wildman–Crippen LogP) is 4.45. The zero-order valence-corrected chi connectivity index (χ0v) is 17.0. The third-order valence-corrected chi connectivity index (χ3v) is 6.78. The van der Waals surface area contributed by atoms with E-state index in [4.69, 9.17) is 17.3 Å². The van der Waals surface area contributed by atoms with E-state index in [0.717, 1.165) is 45.9 Å². The number of nitrogens with two attached hydrogens (primary N) is 1. The van der Waals surface area contributed by atoms with Crippen molar-refractivity contribution in [1.29, 1.82) is 0 Å². The van der Waals surface area contributed by atoms with Gasteiger partial charge >= 0.3 is 0 Å². The number of nitrogens with zero attached hydrogens (tertiary/aromatic N) is 3. The largest absolute Gasteiger partial charge is 0.369 e. The van der Waals surface area contributed by atoms with Crippen molar-refractivity contribution in [2.24, 2.45) is 5.73 Å². The average Bonchev–Trinajstić information content (AvgIpc) is 3.05. The molecule has 2 N–H and O–H groups in total. The quantitative estimate of drug-likeness (QED) is 0.651. The molecule has 1 aliphatic carbocycles. The van der Waals surface area contributed by atoms with Crippen LogP contribution in [0.4, 0.5) is 0 Å². The molecule has 1 aromatic carbocycles. The van der Waals surface area contributed by atoms with Crippen LogP contribution in [0.25, 0.3) is 0 Å². The monoisotopic (exact) mass is 410 g/mol. The first kappa shape index (κ1) is 19.6. The van der Waals surface area contributed by atoms with Gasteiger partial charge in [0.2, 0.25) is 5.91 Å². The van der Waals surface area contributed by atoms with E-state index in [0.29, 0.717) is 6.04 Å². The number of rotatable bonds is 8. The molecule has 0 saturated heterocycles. The number of aromatic nitrogens is 3.